The van der Waals surface area contributed by atoms with Crippen LogP contribution >= 0.6 is 23.2 Å². The molecular formula is C20H23Cl2NO2. The van der Waals surface area contributed by atoms with E-state index >= 15 is 0 Å². The molecule has 3 nitrogen and oxygen atoms in total. The molecule has 0 unspecified atom stereocenters. The van der Waals surface area contributed by atoms with E-state index in [4.69, 9.17) is 27.9 Å². The number of benzene rings is 2. The van der Waals surface area contributed by atoms with E-state index in [9.17, 15) is 4.79 Å². The van der Waals surface area contributed by atoms with E-state index in [1.807, 2.05) is 36.1 Å². The smallest absolute Gasteiger partial charge is 0.227 e. The van der Waals surface area contributed by atoms with Gasteiger partial charge in [0.2, 0.25) is 5.91 Å². The molecular weight excluding hydrogens is 357 g/mol. The lowest BCUT2D eigenvalue weighted by atomic mass is 10.2. The highest BCUT2D eigenvalue weighted by Crippen LogP contribution is 2.27. The van der Waals surface area contributed by atoms with Gasteiger partial charge in [-0.3, -0.25) is 4.79 Å². The van der Waals surface area contributed by atoms with E-state index < -0.39 is 0 Å². The number of aryl methyl sites for hydroxylation is 1. The van der Waals surface area contributed by atoms with E-state index in [-0.39, 0.29) is 5.91 Å². The van der Waals surface area contributed by atoms with Crippen molar-refractivity contribution in [1.29, 1.82) is 0 Å². The largest absolute Gasteiger partial charge is 0.492 e. The lowest BCUT2D eigenvalue weighted by Gasteiger charge is -2.23. The fourth-order valence-corrected chi connectivity index (χ4v) is 3.01. The lowest BCUT2D eigenvalue weighted by Crippen LogP contribution is -2.31. The average Bonchev–Trinajstić information content (AvgIpc) is 2.58. The van der Waals surface area contributed by atoms with E-state index in [1.54, 1.807) is 18.2 Å². The van der Waals surface area contributed by atoms with Crippen molar-refractivity contribution in [2.24, 2.45) is 0 Å². The minimum Gasteiger partial charge on any atom is -0.492 e. The third-order valence-corrected chi connectivity index (χ3v) is 4.28. The molecule has 0 heterocycles. The van der Waals surface area contributed by atoms with Gasteiger partial charge in [0.05, 0.1) is 11.6 Å². The summed E-state index contributed by atoms with van der Waals surface area (Å²) in [5.74, 6) is 0.695. The molecule has 0 spiro atoms. The highest BCUT2D eigenvalue weighted by molar-refractivity contribution is 6.35. The van der Waals surface area contributed by atoms with Crippen molar-refractivity contribution in [1.82, 2.24) is 0 Å². The molecule has 0 atom stereocenters. The fraction of sp³-hybridized carbons (Fsp3) is 0.350. The van der Waals surface area contributed by atoms with Crippen LogP contribution in [0.5, 0.6) is 5.75 Å². The molecule has 0 aliphatic heterocycles. The Balaban J connectivity index is 1.88. The van der Waals surface area contributed by atoms with Crippen LogP contribution in [0.3, 0.4) is 0 Å². The summed E-state index contributed by atoms with van der Waals surface area (Å²) < 4.78 is 5.65. The van der Waals surface area contributed by atoms with E-state index in [0.29, 0.717) is 41.8 Å². The van der Waals surface area contributed by atoms with Gasteiger partial charge in [0.1, 0.15) is 5.75 Å². The van der Waals surface area contributed by atoms with Gasteiger partial charge in [-0.1, -0.05) is 42.3 Å². The minimum atomic E-state index is 0.109. The Morgan fingerprint density at radius 3 is 2.64 bits per heavy atom. The predicted molar refractivity (Wildman–Crippen MR) is 105 cm³/mol. The number of nitrogens with zero attached hydrogens (tertiary/aromatic N) is 1. The van der Waals surface area contributed by atoms with Gasteiger partial charge in [-0.05, 0) is 55.7 Å². The molecule has 5 heteroatoms. The second-order valence-electron chi connectivity index (χ2n) is 5.91. The summed E-state index contributed by atoms with van der Waals surface area (Å²) in [4.78, 5) is 14.4. The minimum absolute atomic E-state index is 0.109. The van der Waals surface area contributed by atoms with Crippen molar-refractivity contribution in [3.63, 3.8) is 0 Å². The molecule has 0 fully saturated rings. The molecule has 2 aromatic rings. The van der Waals surface area contributed by atoms with Crippen molar-refractivity contribution < 1.29 is 9.53 Å². The second kappa shape index (κ2) is 9.69. The number of hydrogen-bond donors (Lipinski definition) is 0. The topological polar surface area (TPSA) is 29.5 Å². The van der Waals surface area contributed by atoms with E-state index in [1.165, 1.54) is 0 Å². The number of rotatable bonds is 8. The van der Waals surface area contributed by atoms with Crippen LogP contribution in [0.4, 0.5) is 5.69 Å². The van der Waals surface area contributed by atoms with E-state index in [0.717, 1.165) is 17.7 Å². The maximum atomic E-state index is 12.6. The molecule has 0 N–H and O–H groups in total. The second-order valence-corrected chi connectivity index (χ2v) is 6.75. The van der Waals surface area contributed by atoms with Crippen molar-refractivity contribution in [2.75, 3.05) is 18.1 Å². The van der Waals surface area contributed by atoms with Crippen LogP contribution in [0.2, 0.25) is 10.0 Å². The van der Waals surface area contributed by atoms with Crippen molar-refractivity contribution in [3.8, 4) is 5.75 Å². The molecule has 1 amide bonds. The zero-order chi connectivity index (χ0) is 18.2. The number of carbonyl (C=O) groups is 1. The SMILES string of the molecule is CCCN(C(=O)CCCOc1ccc(Cl)cc1Cl)c1cccc(C)c1. The number of hydrogen-bond acceptors (Lipinski definition) is 2. The Labute approximate surface area is 159 Å². The van der Waals surface area contributed by atoms with Crippen LogP contribution in [-0.2, 0) is 4.79 Å². The number of ether oxygens (including phenoxy) is 1. The molecule has 0 aliphatic rings. The number of halogens is 2. The molecule has 0 aliphatic carbocycles. The molecule has 25 heavy (non-hydrogen) atoms. The predicted octanol–water partition coefficient (Wildman–Crippen LogP) is 5.90. The third kappa shape index (κ3) is 5.94. The van der Waals surface area contributed by atoms with Gasteiger partial charge in [0.25, 0.3) is 0 Å². The Bertz CT molecular complexity index is 719. The normalized spacial score (nSPS) is 10.6. The summed E-state index contributed by atoms with van der Waals surface area (Å²) in [5.41, 5.74) is 2.10. The summed E-state index contributed by atoms with van der Waals surface area (Å²) in [7, 11) is 0. The first-order chi connectivity index (χ1) is 12.0. The molecule has 0 saturated heterocycles. The molecule has 2 aromatic carbocycles. The summed E-state index contributed by atoms with van der Waals surface area (Å²) in [6.45, 7) is 5.25. The fourth-order valence-electron chi connectivity index (χ4n) is 2.55. The summed E-state index contributed by atoms with van der Waals surface area (Å²) in [6.07, 6.45) is 1.97. The summed E-state index contributed by atoms with van der Waals surface area (Å²) in [6, 6.07) is 13.1. The Kier molecular flexibility index (Phi) is 7.60. The zero-order valence-corrected chi connectivity index (χ0v) is 16.1. The molecule has 134 valence electrons. The molecule has 0 bridgehead atoms. The van der Waals surface area contributed by atoms with Gasteiger partial charge in [0.15, 0.2) is 0 Å². The average molecular weight is 380 g/mol. The molecule has 0 aromatic heterocycles. The highest BCUT2D eigenvalue weighted by Gasteiger charge is 2.14. The molecule has 2 rings (SSSR count). The molecule has 0 saturated carbocycles. The van der Waals surface area contributed by atoms with Crippen LogP contribution in [-0.4, -0.2) is 19.1 Å². The quantitative estimate of drug-likeness (QED) is 0.533. The van der Waals surface area contributed by atoms with Crippen LogP contribution in [0.1, 0.15) is 31.7 Å². The highest BCUT2D eigenvalue weighted by atomic mass is 35.5. The van der Waals surface area contributed by atoms with Gasteiger partial charge in [0, 0.05) is 23.7 Å². The first-order valence-electron chi connectivity index (χ1n) is 8.46. The molecule has 0 radical (unpaired) electrons. The standard InChI is InChI=1S/C20H23Cl2NO2/c1-3-11-23(17-7-4-6-15(2)13-17)20(24)8-5-12-25-19-10-9-16(21)14-18(19)22/h4,6-7,9-10,13-14H,3,5,8,11-12H2,1-2H3. The van der Waals surface area contributed by atoms with Crippen molar-refractivity contribution in [2.45, 2.75) is 33.1 Å². The Morgan fingerprint density at radius 2 is 1.96 bits per heavy atom. The lowest BCUT2D eigenvalue weighted by molar-refractivity contribution is -0.118. The Hall–Kier alpha value is -1.71. The first kappa shape index (κ1) is 19.6. The zero-order valence-electron chi connectivity index (χ0n) is 14.6. The number of carbonyl (C=O) groups excluding carboxylic acids is 1. The van der Waals surface area contributed by atoms with E-state index in [2.05, 4.69) is 6.92 Å². The monoisotopic (exact) mass is 379 g/mol. The van der Waals surface area contributed by atoms with Crippen LogP contribution in [0, 0.1) is 6.92 Å². The van der Waals surface area contributed by atoms with Crippen LogP contribution in [0.25, 0.3) is 0 Å². The van der Waals surface area contributed by atoms with Crippen molar-refractivity contribution in [3.05, 3.63) is 58.1 Å². The van der Waals surface area contributed by atoms with Gasteiger partial charge in [-0.15, -0.1) is 0 Å². The van der Waals surface area contributed by atoms with Crippen molar-refractivity contribution >= 4 is 34.8 Å². The first-order valence-corrected chi connectivity index (χ1v) is 9.21. The summed E-state index contributed by atoms with van der Waals surface area (Å²) >= 11 is 11.9. The van der Waals surface area contributed by atoms with Gasteiger partial charge < -0.3 is 9.64 Å². The van der Waals surface area contributed by atoms with Crippen LogP contribution < -0.4 is 9.64 Å². The van der Waals surface area contributed by atoms with Gasteiger partial charge in [-0.2, -0.15) is 0 Å². The van der Waals surface area contributed by atoms with Gasteiger partial charge in [-0.25, -0.2) is 0 Å². The maximum absolute atomic E-state index is 12.6. The van der Waals surface area contributed by atoms with Gasteiger partial charge >= 0.3 is 0 Å². The number of amides is 1. The Morgan fingerprint density at radius 1 is 1.16 bits per heavy atom. The van der Waals surface area contributed by atoms with Crippen LogP contribution in [0.15, 0.2) is 42.5 Å². The summed E-state index contributed by atoms with van der Waals surface area (Å²) in [5, 5.41) is 1.05. The third-order valence-electron chi connectivity index (χ3n) is 3.75. The maximum Gasteiger partial charge on any atom is 0.227 e. The number of anilines is 1.